The van der Waals surface area contributed by atoms with E-state index in [1.54, 1.807) is 0 Å². The Morgan fingerprint density at radius 2 is 0.324 bits per heavy atom. The first-order valence-electron chi connectivity index (χ1n) is 31.1. The van der Waals surface area contributed by atoms with Gasteiger partial charge in [-0.05, 0) is 38.5 Å². The number of quaternary nitrogens is 3. The van der Waals surface area contributed by atoms with Gasteiger partial charge in [-0.2, -0.15) is 21.8 Å². The van der Waals surface area contributed by atoms with E-state index in [-0.39, 0.29) is 13.9 Å². The molecule has 0 spiro atoms. The van der Waals surface area contributed by atoms with E-state index < -0.39 is 7.82 Å². The molecule has 0 bridgehead atoms. The van der Waals surface area contributed by atoms with Crippen LogP contribution in [0.15, 0.2) is 0 Å². The van der Waals surface area contributed by atoms with Gasteiger partial charge in [0.25, 0.3) is 0 Å². The molecule has 0 aromatic carbocycles. The molecular weight excluding hydrogens is 906 g/mol. The SMILES string of the molecule is CCCCCCCCCCCCCCCCCC[N+](C)(C)O.CCCCCCCCCCCCCCCCCC[N+](C)(C)O.CCCCCCCCCCCCCCCCCC[N+](C)(C)O.O=P([O-])([O-])[O-]. The lowest BCUT2D eigenvalue weighted by atomic mass is 10.0. The largest absolute Gasteiger partial charge is 0.822 e. The highest BCUT2D eigenvalue weighted by Crippen LogP contribution is 2.17. The summed E-state index contributed by atoms with van der Waals surface area (Å²) in [5.41, 5.74) is 0. The maximum atomic E-state index is 9.57. The fraction of sp³-hybridized carbons (Fsp3) is 1.00. The van der Waals surface area contributed by atoms with Gasteiger partial charge in [-0.3, -0.25) is 0 Å². The summed E-state index contributed by atoms with van der Waals surface area (Å²) >= 11 is 0. The molecule has 0 aromatic heterocycles. The number of rotatable bonds is 51. The first-order chi connectivity index (χ1) is 33.7. The Labute approximate surface area is 445 Å². The zero-order valence-electron chi connectivity index (χ0n) is 49.8. The summed E-state index contributed by atoms with van der Waals surface area (Å²) in [7, 11) is 5.73. The van der Waals surface area contributed by atoms with E-state index in [9.17, 15) is 15.6 Å². The van der Waals surface area contributed by atoms with Crippen molar-refractivity contribution >= 4 is 7.82 Å². The summed E-state index contributed by atoms with van der Waals surface area (Å²) in [6.45, 7) is 9.52. The van der Waals surface area contributed by atoms with E-state index in [0.29, 0.717) is 0 Å². The molecule has 11 heteroatoms. The highest BCUT2D eigenvalue weighted by Gasteiger charge is 2.10. The van der Waals surface area contributed by atoms with Gasteiger partial charge in [0.15, 0.2) is 0 Å². The molecule has 10 nitrogen and oxygen atoms in total. The molecule has 0 aliphatic rings. The number of unbranched alkanes of at least 4 members (excludes halogenated alkanes) is 45. The zero-order chi connectivity index (χ0) is 54.1. The van der Waals surface area contributed by atoms with Crippen LogP contribution in [-0.2, 0) is 4.57 Å². The van der Waals surface area contributed by atoms with Crippen molar-refractivity contribution in [2.24, 2.45) is 0 Å². The molecule has 434 valence electrons. The van der Waals surface area contributed by atoms with Crippen LogP contribution in [0.1, 0.15) is 329 Å². The van der Waals surface area contributed by atoms with E-state index in [1.807, 2.05) is 42.3 Å². The van der Waals surface area contributed by atoms with Gasteiger partial charge in [0.2, 0.25) is 0 Å². The van der Waals surface area contributed by atoms with Gasteiger partial charge in [0, 0.05) is 0 Å². The lowest BCUT2D eigenvalue weighted by Crippen LogP contribution is -2.36. The minimum absolute atomic E-state index is 0.124. The normalized spacial score (nSPS) is 12.0. The van der Waals surface area contributed by atoms with Crippen molar-refractivity contribution in [3.63, 3.8) is 0 Å². The van der Waals surface area contributed by atoms with E-state index in [4.69, 9.17) is 19.2 Å². The first kappa shape index (κ1) is 77.4. The third-order valence-electron chi connectivity index (χ3n) is 13.7. The number of hydrogen-bond donors (Lipinski definition) is 3. The van der Waals surface area contributed by atoms with Gasteiger partial charge in [0.1, 0.15) is 19.6 Å². The van der Waals surface area contributed by atoms with E-state index in [1.165, 1.54) is 289 Å². The van der Waals surface area contributed by atoms with Crippen LogP contribution in [0.3, 0.4) is 0 Å². The Balaban J connectivity index is -0.000000451. The zero-order valence-corrected chi connectivity index (χ0v) is 50.7. The van der Waals surface area contributed by atoms with Crippen molar-refractivity contribution in [3.05, 3.63) is 0 Å². The summed E-state index contributed by atoms with van der Waals surface area (Å²) in [5, 5.41) is 28.7. The van der Waals surface area contributed by atoms with Gasteiger partial charge in [-0.1, -0.05) is 290 Å². The Bertz CT molecular complexity index is 896. The Hall–Kier alpha value is -0.130. The molecule has 3 N–H and O–H groups in total. The van der Waals surface area contributed by atoms with Gasteiger partial charge in [-0.15, -0.1) is 0 Å². The van der Waals surface area contributed by atoms with Crippen LogP contribution in [0.5, 0.6) is 0 Å². The molecule has 0 saturated carbocycles. The molecule has 0 aromatic rings. The lowest BCUT2D eigenvalue weighted by molar-refractivity contribution is -1.07. The van der Waals surface area contributed by atoms with E-state index in [0.717, 1.165) is 38.9 Å². The Morgan fingerprint density at radius 1 is 0.239 bits per heavy atom. The van der Waals surface area contributed by atoms with Crippen LogP contribution in [0.2, 0.25) is 0 Å². The minimum atomic E-state index is -5.39. The molecule has 0 saturated heterocycles. The second-order valence-corrected chi connectivity index (χ2v) is 24.3. The van der Waals surface area contributed by atoms with E-state index >= 15 is 0 Å². The average Bonchev–Trinajstić information content (AvgIpc) is 3.27. The van der Waals surface area contributed by atoms with Crippen molar-refractivity contribution in [1.29, 1.82) is 0 Å². The maximum absolute atomic E-state index is 9.57. The fourth-order valence-electron chi connectivity index (χ4n) is 9.14. The van der Waals surface area contributed by atoms with Crippen LogP contribution in [0.4, 0.5) is 0 Å². The highest BCUT2D eigenvalue weighted by molar-refractivity contribution is 7.40. The lowest BCUT2D eigenvalue weighted by Gasteiger charge is -2.36. The average molecular weight is 1040 g/mol. The van der Waals surface area contributed by atoms with Crippen molar-refractivity contribution in [1.82, 2.24) is 0 Å². The maximum Gasteiger partial charge on any atom is 0.108 e. The summed E-state index contributed by atoms with van der Waals surface area (Å²) in [4.78, 5) is 25.6. The first-order valence-corrected chi connectivity index (χ1v) is 32.5. The molecule has 0 atom stereocenters. The molecule has 0 amide bonds. The van der Waals surface area contributed by atoms with Crippen LogP contribution >= 0.6 is 7.82 Å². The Kier molecular flexibility index (Phi) is 64.4. The molecule has 0 aliphatic heterocycles. The molecule has 0 rings (SSSR count). The van der Waals surface area contributed by atoms with Crippen LogP contribution in [0, 0.1) is 0 Å². The molecule has 0 radical (unpaired) electrons. The minimum Gasteiger partial charge on any atom is -0.822 e. The smallest absolute Gasteiger partial charge is 0.108 e. The van der Waals surface area contributed by atoms with Gasteiger partial charge in [-0.25, -0.2) is 15.6 Å². The molecule has 0 aliphatic carbocycles. The topological polar surface area (TPSA) is 147 Å². The van der Waals surface area contributed by atoms with Crippen LogP contribution in [-0.4, -0.2) is 91.5 Å². The summed E-state index contributed by atoms with van der Waals surface area (Å²) in [5.74, 6) is 0. The van der Waals surface area contributed by atoms with Crippen molar-refractivity contribution < 1.29 is 48.8 Å². The summed E-state index contributed by atoms with van der Waals surface area (Å²) < 4.78 is 8.92. The van der Waals surface area contributed by atoms with E-state index in [2.05, 4.69) is 20.8 Å². The quantitative estimate of drug-likeness (QED) is 0.0238. The molecule has 0 unspecified atom stereocenters. The highest BCUT2D eigenvalue weighted by atomic mass is 31.2. The fourth-order valence-corrected chi connectivity index (χ4v) is 9.14. The number of phosphoric acid groups is 1. The number of nitrogens with zero attached hydrogens (tertiary/aromatic N) is 3. The van der Waals surface area contributed by atoms with Gasteiger partial charge in [0.05, 0.1) is 42.3 Å². The summed E-state index contributed by atoms with van der Waals surface area (Å²) in [6, 6.07) is 0. The second kappa shape index (κ2) is 59.1. The predicted molar refractivity (Wildman–Crippen MR) is 303 cm³/mol. The van der Waals surface area contributed by atoms with Crippen LogP contribution < -0.4 is 14.7 Å². The molecular formula is C60H132N3O7P. The van der Waals surface area contributed by atoms with Crippen molar-refractivity contribution in [2.45, 2.75) is 329 Å². The van der Waals surface area contributed by atoms with Gasteiger partial charge < -0.3 is 19.2 Å². The van der Waals surface area contributed by atoms with Crippen LogP contribution in [0.25, 0.3) is 0 Å². The third-order valence-corrected chi connectivity index (χ3v) is 13.7. The number of hydroxylamine groups is 9. The predicted octanol–water partition coefficient (Wildman–Crippen LogP) is 17.3. The monoisotopic (exact) mass is 1040 g/mol. The standard InChI is InChI=1S/3C20H44NO.H3O4P/c3*1-4-5-6-7-8-9-10-11-12-13-14-15-16-17-18-19-20-21(2,3)22;1-5(2,3)4/h3*22H,4-20H2,1-3H3;(H3,1,2,3,4)/q3*+1;/p-3. The molecule has 71 heavy (non-hydrogen) atoms. The van der Waals surface area contributed by atoms with Crippen molar-refractivity contribution in [3.8, 4) is 0 Å². The molecule has 0 fully saturated rings. The van der Waals surface area contributed by atoms with Crippen molar-refractivity contribution in [2.75, 3.05) is 61.9 Å². The molecule has 0 heterocycles. The second-order valence-electron chi connectivity index (χ2n) is 23.4. The summed E-state index contributed by atoms with van der Waals surface area (Å²) in [6.07, 6.45) is 67.3. The Morgan fingerprint density at radius 3 is 0.408 bits per heavy atom. The van der Waals surface area contributed by atoms with Gasteiger partial charge >= 0.3 is 0 Å². The third kappa shape index (κ3) is 99.5. The number of hydrogen-bond acceptors (Lipinski definition) is 7.